The van der Waals surface area contributed by atoms with E-state index in [-0.39, 0.29) is 11.9 Å². The molecule has 2 aliphatic heterocycles. The van der Waals surface area contributed by atoms with Gasteiger partial charge in [-0.25, -0.2) is 9.79 Å². The standard InChI is InChI=1S/C15H17BrN4O2/c1-18-12-11(13(21)19(2)15(18)22)20(14(16)17-12)9-8-10-6-4-3-5-7-10/h3-7,11-12H,8-9H2,1-2H3. The Morgan fingerprint density at radius 1 is 1.18 bits per heavy atom. The van der Waals surface area contributed by atoms with Gasteiger partial charge in [0.1, 0.15) is 0 Å². The number of nitrogens with zero attached hydrogens (tertiary/aromatic N) is 4. The summed E-state index contributed by atoms with van der Waals surface area (Å²) < 4.78 is 0.627. The Labute approximate surface area is 137 Å². The van der Waals surface area contributed by atoms with Gasteiger partial charge in [-0.15, -0.1) is 0 Å². The number of urea groups is 1. The maximum atomic E-state index is 12.5. The van der Waals surface area contributed by atoms with Crippen LogP contribution in [0.3, 0.4) is 0 Å². The van der Waals surface area contributed by atoms with Crippen LogP contribution in [0.1, 0.15) is 5.56 Å². The number of amidine groups is 1. The summed E-state index contributed by atoms with van der Waals surface area (Å²) in [6, 6.07) is 9.32. The SMILES string of the molecule is CN1C(=O)C2C(N=C(Br)N2CCc2ccccc2)N(C)C1=O. The van der Waals surface area contributed by atoms with E-state index >= 15 is 0 Å². The first-order valence-electron chi connectivity index (χ1n) is 7.09. The normalized spacial score (nSPS) is 24.7. The Kier molecular flexibility index (Phi) is 3.90. The van der Waals surface area contributed by atoms with Crippen molar-refractivity contribution in [2.45, 2.75) is 18.6 Å². The Hall–Kier alpha value is -1.89. The van der Waals surface area contributed by atoms with E-state index in [9.17, 15) is 9.59 Å². The lowest BCUT2D eigenvalue weighted by Gasteiger charge is -2.39. The number of hydrogen-bond acceptors (Lipinski definition) is 4. The summed E-state index contributed by atoms with van der Waals surface area (Å²) >= 11 is 3.43. The highest BCUT2D eigenvalue weighted by molar-refractivity contribution is 9.18. The molecular formula is C15H17BrN4O2. The number of aliphatic imine (C=N–C) groups is 1. The van der Waals surface area contributed by atoms with Crippen molar-refractivity contribution in [3.8, 4) is 0 Å². The third kappa shape index (κ3) is 2.39. The van der Waals surface area contributed by atoms with Crippen molar-refractivity contribution in [3.05, 3.63) is 35.9 Å². The number of halogens is 1. The van der Waals surface area contributed by atoms with Gasteiger partial charge < -0.3 is 9.80 Å². The van der Waals surface area contributed by atoms with Gasteiger partial charge in [0.25, 0.3) is 5.91 Å². The van der Waals surface area contributed by atoms with Crippen molar-refractivity contribution < 1.29 is 9.59 Å². The molecule has 2 atom stereocenters. The van der Waals surface area contributed by atoms with E-state index in [4.69, 9.17) is 0 Å². The maximum Gasteiger partial charge on any atom is 0.328 e. The van der Waals surface area contributed by atoms with Gasteiger partial charge >= 0.3 is 6.03 Å². The van der Waals surface area contributed by atoms with Crippen LogP contribution in [0.15, 0.2) is 35.3 Å². The zero-order valence-electron chi connectivity index (χ0n) is 12.4. The highest BCUT2D eigenvalue weighted by Crippen LogP contribution is 2.28. The highest BCUT2D eigenvalue weighted by atomic mass is 79.9. The van der Waals surface area contributed by atoms with E-state index in [0.717, 1.165) is 11.3 Å². The van der Waals surface area contributed by atoms with Crippen LogP contribution >= 0.6 is 15.9 Å². The molecule has 6 nitrogen and oxygen atoms in total. The van der Waals surface area contributed by atoms with Crippen LogP contribution in [-0.4, -0.2) is 64.2 Å². The van der Waals surface area contributed by atoms with Crippen LogP contribution in [0.2, 0.25) is 0 Å². The van der Waals surface area contributed by atoms with Crippen molar-refractivity contribution in [1.29, 1.82) is 0 Å². The molecule has 1 aromatic carbocycles. The smallest absolute Gasteiger partial charge is 0.328 e. The van der Waals surface area contributed by atoms with Crippen molar-refractivity contribution in [3.63, 3.8) is 0 Å². The van der Waals surface area contributed by atoms with Crippen molar-refractivity contribution in [1.82, 2.24) is 14.7 Å². The molecule has 2 unspecified atom stereocenters. The summed E-state index contributed by atoms with van der Waals surface area (Å²) in [5, 5.41) is 0. The molecule has 0 radical (unpaired) electrons. The third-order valence-corrected chi connectivity index (χ3v) is 4.81. The number of imide groups is 1. The van der Waals surface area contributed by atoms with Gasteiger partial charge in [-0.05, 0) is 27.9 Å². The second-order valence-corrected chi connectivity index (χ2v) is 6.19. The van der Waals surface area contributed by atoms with E-state index in [1.165, 1.54) is 17.5 Å². The van der Waals surface area contributed by atoms with E-state index < -0.39 is 12.2 Å². The van der Waals surface area contributed by atoms with Crippen molar-refractivity contribution in [2.75, 3.05) is 20.6 Å². The molecule has 0 spiro atoms. The van der Waals surface area contributed by atoms with Gasteiger partial charge in [-0.1, -0.05) is 30.3 Å². The molecule has 1 saturated heterocycles. The van der Waals surface area contributed by atoms with Crippen LogP contribution < -0.4 is 0 Å². The first-order chi connectivity index (χ1) is 10.5. The topological polar surface area (TPSA) is 56.2 Å². The van der Waals surface area contributed by atoms with E-state index in [1.54, 1.807) is 7.05 Å². The number of amides is 3. The van der Waals surface area contributed by atoms with Gasteiger partial charge in [-0.3, -0.25) is 9.69 Å². The molecule has 0 saturated carbocycles. The van der Waals surface area contributed by atoms with Gasteiger partial charge in [0.15, 0.2) is 17.0 Å². The highest BCUT2D eigenvalue weighted by Gasteiger charge is 2.50. The molecule has 0 bridgehead atoms. The van der Waals surface area contributed by atoms with Gasteiger partial charge in [0, 0.05) is 20.6 Å². The fourth-order valence-corrected chi connectivity index (χ4v) is 3.46. The van der Waals surface area contributed by atoms with Crippen molar-refractivity contribution >= 4 is 32.6 Å². The molecule has 3 rings (SSSR count). The molecule has 0 aromatic heterocycles. The Bertz CT molecular complexity index is 634. The number of fused-ring (bicyclic) bond motifs is 1. The zero-order chi connectivity index (χ0) is 15.9. The Morgan fingerprint density at radius 2 is 1.86 bits per heavy atom. The molecule has 2 heterocycles. The first-order valence-corrected chi connectivity index (χ1v) is 7.88. The van der Waals surface area contributed by atoms with Gasteiger partial charge in [-0.2, -0.15) is 0 Å². The third-order valence-electron chi connectivity index (χ3n) is 4.15. The summed E-state index contributed by atoms with van der Waals surface area (Å²) in [5.41, 5.74) is 1.20. The van der Waals surface area contributed by atoms with E-state index in [0.29, 0.717) is 11.3 Å². The predicted octanol–water partition coefficient (Wildman–Crippen LogP) is 1.51. The Balaban J connectivity index is 1.79. The molecule has 22 heavy (non-hydrogen) atoms. The molecule has 1 fully saturated rings. The van der Waals surface area contributed by atoms with Gasteiger partial charge in [0.05, 0.1) is 0 Å². The van der Waals surface area contributed by atoms with Gasteiger partial charge in [0.2, 0.25) is 0 Å². The summed E-state index contributed by atoms with van der Waals surface area (Å²) in [4.78, 5) is 33.5. The molecule has 1 aromatic rings. The van der Waals surface area contributed by atoms with E-state index in [1.807, 2.05) is 23.1 Å². The maximum absolute atomic E-state index is 12.5. The zero-order valence-corrected chi connectivity index (χ0v) is 14.0. The monoisotopic (exact) mass is 364 g/mol. The number of benzene rings is 1. The minimum atomic E-state index is -0.457. The van der Waals surface area contributed by atoms with Crippen LogP contribution in [0.4, 0.5) is 4.79 Å². The minimum absolute atomic E-state index is 0.209. The summed E-state index contributed by atoms with van der Waals surface area (Å²) in [7, 11) is 3.19. The van der Waals surface area contributed by atoms with Crippen LogP contribution in [0, 0.1) is 0 Å². The lowest BCUT2D eigenvalue weighted by atomic mass is 10.1. The first kappa shape index (κ1) is 15.0. The molecule has 3 amide bonds. The fourth-order valence-electron chi connectivity index (χ4n) is 2.86. The predicted molar refractivity (Wildman–Crippen MR) is 86.7 cm³/mol. The quantitative estimate of drug-likeness (QED) is 0.764. The molecule has 116 valence electrons. The molecule has 0 aliphatic carbocycles. The largest absolute Gasteiger partial charge is 0.335 e. The summed E-state index contributed by atoms with van der Waals surface area (Å²) in [6.45, 7) is 0.664. The number of carbonyl (C=O) groups is 2. The Morgan fingerprint density at radius 3 is 2.55 bits per heavy atom. The number of rotatable bonds is 3. The lowest BCUT2D eigenvalue weighted by molar-refractivity contribution is -0.136. The average molecular weight is 365 g/mol. The van der Waals surface area contributed by atoms with Crippen LogP contribution in [0.25, 0.3) is 0 Å². The lowest BCUT2D eigenvalue weighted by Crippen LogP contribution is -2.63. The number of likely N-dealkylation sites (N-methyl/N-ethyl adjacent to an activating group) is 2. The number of carbonyl (C=O) groups excluding carboxylic acids is 2. The fraction of sp³-hybridized carbons (Fsp3) is 0.400. The van der Waals surface area contributed by atoms with Crippen LogP contribution in [-0.2, 0) is 11.2 Å². The minimum Gasteiger partial charge on any atom is -0.335 e. The van der Waals surface area contributed by atoms with E-state index in [2.05, 4.69) is 33.1 Å². The molecule has 7 heteroatoms. The van der Waals surface area contributed by atoms with Crippen molar-refractivity contribution in [2.24, 2.45) is 4.99 Å². The number of hydrogen-bond donors (Lipinski definition) is 0. The summed E-state index contributed by atoms with van der Waals surface area (Å²) in [6.07, 6.45) is 0.352. The van der Waals surface area contributed by atoms with Crippen LogP contribution in [0.5, 0.6) is 0 Å². The molecule has 0 N–H and O–H groups in total. The average Bonchev–Trinajstić information content (AvgIpc) is 2.86. The molecule has 2 aliphatic rings. The second-order valence-electron chi connectivity index (χ2n) is 5.48. The molecular weight excluding hydrogens is 348 g/mol. The summed E-state index contributed by atoms with van der Waals surface area (Å²) in [5.74, 6) is -0.209. The second kappa shape index (κ2) is 5.72.